The van der Waals surface area contributed by atoms with E-state index in [1.165, 1.54) is 0 Å². The van der Waals surface area contributed by atoms with Gasteiger partial charge in [-0.15, -0.1) is 0 Å². The fourth-order valence-electron chi connectivity index (χ4n) is 9.55. The van der Waals surface area contributed by atoms with E-state index >= 15 is 0 Å². The second-order valence-electron chi connectivity index (χ2n) is 15.8. The Morgan fingerprint density at radius 2 is 0.740 bits per heavy atom. The fourth-order valence-corrected chi connectivity index (χ4v) is 9.55. The van der Waals surface area contributed by atoms with Gasteiger partial charge in [-0.05, 0) is 113 Å². The number of anilines is 3. The van der Waals surface area contributed by atoms with Crippen LogP contribution in [0.5, 0.6) is 0 Å². The number of hydrogen-bond donors (Lipinski definition) is 0. The van der Waals surface area contributed by atoms with E-state index in [9.17, 15) is 52.1 Å². The van der Waals surface area contributed by atoms with Crippen molar-refractivity contribution in [3.63, 3.8) is 0 Å². The molecule has 12 aromatic carbocycles. The zero-order valence-electron chi connectivity index (χ0n) is 84.5. The highest BCUT2D eigenvalue weighted by molar-refractivity contribution is 6.08. The van der Waals surface area contributed by atoms with Crippen molar-refractivity contribution in [2.24, 2.45) is 0 Å². The maximum Gasteiger partial charge on any atom is 0.0714 e. The maximum absolute atomic E-state index is 11.5. The molecule has 0 radical (unpaired) electrons. The number of nitrogens with zero attached hydrogens (tertiary/aromatic N) is 1. The van der Waals surface area contributed by atoms with E-state index in [-0.39, 0.29) is 4.90 Å². The Kier molecular flexibility index (Phi) is 3.80. The van der Waals surface area contributed by atoms with Gasteiger partial charge in [-0.3, -0.25) is 0 Å². The molecule has 0 aromatic heterocycles. The molecule has 73 heavy (non-hydrogen) atoms. The molecule has 0 bridgehead atoms. The van der Waals surface area contributed by atoms with Crippen molar-refractivity contribution in [1.29, 1.82) is 0 Å². The van der Waals surface area contributed by atoms with Crippen molar-refractivity contribution in [2.45, 2.75) is 10.8 Å². The number of rotatable bonds is 9. The van der Waals surface area contributed by atoms with Gasteiger partial charge in [0, 0.05) is 16.8 Å². The van der Waals surface area contributed by atoms with Crippen LogP contribution in [0.15, 0.2) is 296 Å². The lowest BCUT2D eigenvalue weighted by atomic mass is 9.67. The number of fused-ring (bicyclic) bond motifs is 7. The molecular formula is C72H49N. The third kappa shape index (κ3) is 6.42. The van der Waals surface area contributed by atoms with Gasteiger partial charge in [0.2, 0.25) is 0 Å². The summed E-state index contributed by atoms with van der Waals surface area (Å²) < 4.78 is 463. The quantitative estimate of drug-likeness (QED) is 0.139. The first-order valence-electron chi connectivity index (χ1n) is 45.5. The van der Waals surface area contributed by atoms with Gasteiger partial charge >= 0.3 is 0 Å². The normalized spacial score (nSPS) is 22.6. The molecule has 0 spiro atoms. The lowest BCUT2D eigenvalue weighted by molar-refractivity contribution is 0.768. The molecule has 0 saturated heterocycles. The van der Waals surface area contributed by atoms with Gasteiger partial charge in [0.25, 0.3) is 0 Å². The van der Waals surface area contributed by atoms with E-state index in [2.05, 4.69) is 0 Å². The molecule has 342 valence electrons. The Morgan fingerprint density at radius 3 is 1.36 bits per heavy atom. The molecule has 1 nitrogen and oxygen atoms in total. The second-order valence-corrected chi connectivity index (χ2v) is 15.8. The zero-order valence-corrected chi connectivity index (χ0v) is 36.5. The summed E-state index contributed by atoms with van der Waals surface area (Å²) in [4.78, 5) is 0.0892. The SMILES string of the molecule is [2H]c1cc2c(c(N(c3c([2H])c([2H])c4c(c3[2H])C(c3c([2H])c([2H])c([2H])c([2H])c3[2H])(c3c([2H])c([2H])c([2H])c([2H])c3[2H])c3c([2H])c([2H])c([2H])c([2H])c3-4)c3c([2H])c([2H])c4c([2H])c([2H])c([2H])c([2H])c4c3-c3c([2H])c([2H])c(-c4c([2H])c([2H])c([2H])c([2H])c4[2H])c([2H])c3[2H])c1[2H])-c1c([2H])c([2H])c([2H])c([2H])c1C2(c1c([2H])c([2H])c([2H])c([2H])c1[2H])c1c([2H])c([2H])c([2H])c([2H])c1[2H]. The largest absolute Gasteiger partial charge is 0.309 e. The van der Waals surface area contributed by atoms with E-state index in [0.717, 1.165) is 0 Å². The van der Waals surface area contributed by atoms with E-state index in [4.69, 9.17) is 13.7 Å². The Hall–Kier alpha value is -9.30. The Labute approximate surface area is 495 Å². The Balaban J connectivity index is 1.39. The van der Waals surface area contributed by atoms with E-state index in [1.54, 1.807) is 0 Å². The standard InChI is InChI=1S/C72H49N/c1-6-23-50(24-7-1)51-41-43-53(44-42-51)69-59-34-17-16-25-52(59)45-48-68(69)73(58-46-47-61-60-35-18-20-37-63(60)72(66(61)49-58,56-30-12-4-13-31-56)57-32-14-5-15-33-57)67-40-22-39-65-70(67)62-36-19-21-38-64(62)71(65,54-26-8-2-9-27-54)55-28-10-3-11-29-55/h1-49H/i1D,2D,3D,4D,5D,6D,7D,8D,9D,10D,11D,12D,13D,14D,15D,16D,17D,18D,19D,20D,21D,22D,23D,24D,25D,26D,27D,28D,29D,30D,31D,32D,33D,34D,35D,36D,37D,38D,40D,41D,42D,43D,44D,45D,46D,47D,48D,49D. The summed E-state index contributed by atoms with van der Waals surface area (Å²) in [6.07, 6.45) is 0. The predicted octanol–water partition coefficient (Wildman–Crippen LogP) is 18.4. The van der Waals surface area contributed by atoms with Crippen LogP contribution in [0.3, 0.4) is 0 Å². The van der Waals surface area contributed by atoms with Crippen LogP contribution in [0.2, 0.25) is 0 Å². The first kappa shape index (κ1) is 16.1. The molecule has 1 heteroatoms. The van der Waals surface area contributed by atoms with Crippen LogP contribution >= 0.6 is 0 Å². The van der Waals surface area contributed by atoms with Crippen LogP contribution in [0, 0.1) is 0 Å². The molecule has 12 aromatic rings. The second kappa shape index (κ2) is 17.2. The van der Waals surface area contributed by atoms with Crippen LogP contribution in [0.1, 0.15) is 110 Å². The molecule has 0 N–H and O–H groups in total. The summed E-state index contributed by atoms with van der Waals surface area (Å²) >= 11 is 0. The van der Waals surface area contributed by atoms with Gasteiger partial charge in [-0.2, -0.15) is 0 Å². The summed E-state index contributed by atoms with van der Waals surface area (Å²) in [7, 11) is 0. The molecule has 0 saturated carbocycles. The van der Waals surface area contributed by atoms with E-state index < -0.39 is 418 Å². The van der Waals surface area contributed by atoms with E-state index in [1.807, 2.05) is 0 Å². The molecule has 0 unspecified atom stereocenters. The number of hydrogen-bond acceptors (Lipinski definition) is 1. The summed E-state index contributed by atoms with van der Waals surface area (Å²) in [6, 6.07) is -66.3. The Bertz CT molecular complexity index is 6630. The molecule has 0 heterocycles. The lowest BCUT2D eigenvalue weighted by Crippen LogP contribution is -2.29. The molecule has 0 atom stereocenters. The minimum Gasteiger partial charge on any atom is -0.309 e. The van der Waals surface area contributed by atoms with Gasteiger partial charge in [-0.1, -0.05) is 272 Å². The van der Waals surface area contributed by atoms with E-state index in [0.29, 0.717) is 6.07 Å². The molecular weight excluding hydrogens is 879 g/mol. The van der Waals surface area contributed by atoms with Crippen molar-refractivity contribution >= 4 is 27.8 Å². The molecule has 14 rings (SSSR count). The van der Waals surface area contributed by atoms with Gasteiger partial charge in [0.15, 0.2) is 0 Å². The Morgan fingerprint density at radius 1 is 0.288 bits per heavy atom. The van der Waals surface area contributed by atoms with Crippen LogP contribution in [-0.4, -0.2) is 0 Å². The van der Waals surface area contributed by atoms with Gasteiger partial charge in [0.05, 0.1) is 88.0 Å². The first-order chi connectivity index (χ1) is 56.2. The summed E-state index contributed by atoms with van der Waals surface area (Å²) in [5, 5.41) is -2.42. The predicted molar refractivity (Wildman–Crippen MR) is 304 cm³/mol. The molecule has 0 aliphatic heterocycles. The molecule has 0 amide bonds. The fraction of sp³-hybridized carbons (Fsp3) is 0.0278. The lowest BCUT2D eigenvalue weighted by Gasteiger charge is -2.36. The topological polar surface area (TPSA) is 3.24 Å². The van der Waals surface area contributed by atoms with Crippen molar-refractivity contribution in [1.82, 2.24) is 0 Å². The van der Waals surface area contributed by atoms with Gasteiger partial charge in [-0.25, -0.2) is 0 Å². The summed E-state index contributed by atoms with van der Waals surface area (Å²) in [5.41, 5.74) is -33.0. The average Bonchev–Trinajstić information content (AvgIpc) is 1.51. The zero-order chi connectivity index (χ0) is 90.1. The minimum absolute atomic E-state index is 0.0892. The van der Waals surface area contributed by atoms with Crippen molar-refractivity contribution in [3.8, 4) is 44.5 Å². The first-order valence-corrected chi connectivity index (χ1v) is 21.5. The van der Waals surface area contributed by atoms with Crippen LogP contribution in [0.4, 0.5) is 17.1 Å². The highest BCUT2D eigenvalue weighted by Crippen LogP contribution is 2.62. The van der Waals surface area contributed by atoms with Crippen molar-refractivity contribution in [3.05, 3.63) is 341 Å². The van der Waals surface area contributed by atoms with Gasteiger partial charge < -0.3 is 4.90 Å². The summed E-state index contributed by atoms with van der Waals surface area (Å²) in [6.45, 7) is 0. The maximum atomic E-state index is 11.5. The van der Waals surface area contributed by atoms with Crippen molar-refractivity contribution in [2.75, 3.05) is 4.90 Å². The van der Waals surface area contributed by atoms with Crippen molar-refractivity contribution < 1.29 is 65.8 Å². The smallest absolute Gasteiger partial charge is 0.0714 e. The van der Waals surface area contributed by atoms with Crippen LogP contribution in [0.25, 0.3) is 55.3 Å². The van der Waals surface area contributed by atoms with Crippen LogP contribution < -0.4 is 4.90 Å². The van der Waals surface area contributed by atoms with Gasteiger partial charge in [0.1, 0.15) is 0 Å². The monoisotopic (exact) mass is 976 g/mol. The minimum atomic E-state index is -3.85. The van der Waals surface area contributed by atoms with Crippen LogP contribution in [-0.2, 0) is 10.8 Å². The average molecular weight is 976 g/mol. The highest BCUT2D eigenvalue weighted by Gasteiger charge is 2.49. The third-order valence-corrected chi connectivity index (χ3v) is 12.4. The summed E-state index contributed by atoms with van der Waals surface area (Å²) in [5.74, 6) is 0. The molecule has 2 aliphatic rings. The molecule has 2 aliphatic carbocycles. The third-order valence-electron chi connectivity index (χ3n) is 12.4. The molecule has 0 fully saturated rings. The highest BCUT2D eigenvalue weighted by atomic mass is 15.1. The number of benzene rings is 12.